The lowest BCUT2D eigenvalue weighted by molar-refractivity contribution is -0.144. The molecular weight excluding hydrogens is 249 g/mol. The maximum Gasteiger partial charge on any atom is 0.323 e. The summed E-state index contributed by atoms with van der Waals surface area (Å²) in [5.41, 5.74) is 0.863. The van der Waals surface area contributed by atoms with Crippen LogP contribution in [0.25, 0.3) is 0 Å². The smallest absolute Gasteiger partial charge is 0.323 e. The number of amides is 1. The van der Waals surface area contributed by atoms with Gasteiger partial charge in [-0.15, -0.1) is 0 Å². The van der Waals surface area contributed by atoms with Crippen LogP contribution in [0.5, 0.6) is 0 Å². The number of benzene rings is 1. The zero-order valence-electron chi connectivity index (χ0n) is 10.9. The molecule has 0 fully saturated rings. The van der Waals surface area contributed by atoms with E-state index in [0.29, 0.717) is 13.0 Å². The Balaban J connectivity index is 2.51. The Labute approximate surface area is 111 Å². The molecule has 1 aromatic rings. The maximum atomic E-state index is 12.7. The van der Waals surface area contributed by atoms with E-state index in [1.54, 1.807) is 12.1 Å². The molecule has 0 aromatic heterocycles. The molecule has 1 N–H and O–H groups in total. The molecule has 1 amide bonds. The van der Waals surface area contributed by atoms with Gasteiger partial charge in [-0.1, -0.05) is 19.1 Å². The van der Waals surface area contributed by atoms with Crippen LogP contribution in [0.15, 0.2) is 24.3 Å². The number of carboxylic acid groups (broad SMARTS) is 1. The molecule has 5 heteroatoms. The Hall–Kier alpha value is -1.91. The quantitative estimate of drug-likeness (QED) is 0.823. The molecule has 0 radical (unpaired) electrons. The third kappa shape index (κ3) is 5.50. The molecule has 0 bridgehead atoms. The van der Waals surface area contributed by atoms with Gasteiger partial charge in [0.25, 0.3) is 0 Å². The molecule has 0 aliphatic carbocycles. The van der Waals surface area contributed by atoms with Crippen molar-refractivity contribution in [3.05, 3.63) is 35.6 Å². The van der Waals surface area contributed by atoms with Crippen molar-refractivity contribution >= 4 is 11.9 Å². The average molecular weight is 267 g/mol. The average Bonchev–Trinajstić information content (AvgIpc) is 2.37. The van der Waals surface area contributed by atoms with Gasteiger partial charge in [-0.3, -0.25) is 9.59 Å². The molecule has 104 valence electrons. The fraction of sp³-hybridized carbons (Fsp3) is 0.429. The van der Waals surface area contributed by atoms with E-state index in [-0.39, 0.29) is 24.7 Å². The van der Waals surface area contributed by atoms with Crippen molar-refractivity contribution < 1.29 is 19.1 Å². The number of aryl methyl sites for hydroxylation is 1. The predicted molar refractivity (Wildman–Crippen MR) is 69.2 cm³/mol. The first-order chi connectivity index (χ1) is 9.02. The summed E-state index contributed by atoms with van der Waals surface area (Å²) in [6.45, 7) is 2.06. The van der Waals surface area contributed by atoms with E-state index in [4.69, 9.17) is 5.11 Å². The minimum absolute atomic E-state index is 0.187. The van der Waals surface area contributed by atoms with Crippen LogP contribution in [0.3, 0.4) is 0 Å². The second-order valence-electron chi connectivity index (χ2n) is 4.34. The van der Waals surface area contributed by atoms with Crippen molar-refractivity contribution in [2.24, 2.45) is 0 Å². The topological polar surface area (TPSA) is 57.6 Å². The van der Waals surface area contributed by atoms with E-state index in [9.17, 15) is 14.0 Å². The summed E-state index contributed by atoms with van der Waals surface area (Å²) in [6, 6.07) is 5.95. The third-order valence-corrected chi connectivity index (χ3v) is 2.71. The molecular formula is C14H18FNO3. The van der Waals surface area contributed by atoms with Crippen molar-refractivity contribution in [1.82, 2.24) is 4.90 Å². The lowest BCUT2D eigenvalue weighted by Gasteiger charge is -2.19. The Morgan fingerprint density at radius 3 is 2.42 bits per heavy atom. The minimum atomic E-state index is -1.01. The molecule has 0 spiro atoms. The van der Waals surface area contributed by atoms with Gasteiger partial charge >= 0.3 is 5.97 Å². The van der Waals surface area contributed by atoms with Crippen molar-refractivity contribution in [2.75, 3.05) is 13.1 Å². The second kappa shape index (κ2) is 7.51. The number of rotatable bonds is 7. The number of carboxylic acids is 1. The Kier molecular flexibility index (Phi) is 5.99. The maximum absolute atomic E-state index is 12.7. The van der Waals surface area contributed by atoms with Gasteiger partial charge in [0.1, 0.15) is 12.4 Å². The Bertz CT molecular complexity index is 431. The SMILES string of the molecule is CCCN(CC(=O)O)C(=O)CCc1ccc(F)cc1. The van der Waals surface area contributed by atoms with Crippen molar-refractivity contribution in [3.8, 4) is 0 Å². The standard InChI is InChI=1S/C14H18FNO3/c1-2-9-16(10-14(18)19)13(17)8-5-11-3-6-12(15)7-4-11/h3-4,6-7H,2,5,8-10H2,1H3,(H,18,19). The van der Waals surface area contributed by atoms with E-state index in [1.807, 2.05) is 6.92 Å². The van der Waals surface area contributed by atoms with Crippen LogP contribution in [0.4, 0.5) is 4.39 Å². The number of halogens is 1. The first kappa shape index (κ1) is 15.1. The summed E-state index contributed by atoms with van der Waals surface area (Å²) >= 11 is 0. The van der Waals surface area contributed by atoms with Crippen molar-refractivity contribution in [3.63, 3.8) is 0 Å². The summed E-state index contributed by atoms with van der Waals surface area (Å²) in [6.07, 6.45) is 1.44. The highest BCUT2D eigenvalue weighted by Gasteiger charge is 2.15. The lowest BCUT2D eigenvalue weighted by atomic mass is 10.1. The number of carbonyl (C=O) groups excluding carboxylic acids is 1. The molecule has 0 unspecified atom stereocenters. The minimum Gasteiger partial charge on any atom is -0.480 e. The lowest BCUT2D eigenvalue weighted by Crippen LogP contribution is -2.36. The zero-order chi connectivity index (χ0) is 14.3. The van der Waals surface area contributed by atoms with Crippen LogP contribution >= 0.6 is 0 Å². The number of hydrogen-bond acceptors (Lipinski definition) is 2. The van der Waals surface area contributed by atoms with Crippen LogP contribution in [0.2, 0.25) is 0 Å². The summed E-state index contributed by atoms with van der Waals surface area (Å²) in [7, 11) is 0. The van der Waals surface area contributed by atoms with Crippen LogP contribution in [0.1, 0.15) is 25.3 Å². The van der Waals surface area contributed by atoms with E-state index >= 15 is 0 Å². The van der Waals surface area contributed by atoms with Crippen LogP contribution in [-0.4, -0.2) is 35.0 Å². The van der Waals surface area contributed by atoms with Crippen molar-refractivity contribution in [2.45, 2.75) is 26.2 Å². The first-order valence-corrected chi connectivity index (χ1v) is 6.27. The van der Waals surface area contributed by atoms with Gasteiger partial charge in [-0.05, 0) is 30.5 Å². The molecule has 0 aliphatic heterocycles. The number of carbonyl (C=O) groups is 2. The molecule has 1 aromatic carbocycles. The van der Waals surface area contributed by atoms with Crippen LogP contribution in [0, 0.1) is 5.82 Å². The monoisotopic (exact) mass is 267 g/mol. The summed E-state index contributed by atoms with van der Waals surface area (Å²) in [4.78, 5) is 23.9. The summed E-state index contributed by atoms with van der Waals surface area (Å²) in [5, 5.41) is 8.74. The highest BCUT2D eigenvalue weighted by molar-refractivity contribution is 5.81. The number of hydrogen-bond donors (Lipinski definition) is 1. The first-order valence-electron chi connectivity index (χ1n) is 6.27. The normalized spacial score (nSPS) is 10.2. The number of aliphatic carboxylic acids is 1. The van der Waals surface area contributed by atoms with Gasteiger partial charge in [0.15, 0.2) is 0 Å². The predicted octanol–water partition coefficient (Wildman–Crippen LogP) is 2.08. The molecule has 0 heterocycles. The van der Waals surface area contributed by atoms with Gasteiger partial charge in [0, 0.05) is 13.0 Å². The van der Waals surface area contributed by atoms with Gasteiger partial charge < -0.3 is 10.0 Å². The summed E-state index contributed by atoms with van der Waals surface area (Å²) in [5.74, 6) is -1.51. The summed E-state index contributed by atoms with van der Waals surface area (Å²) < 4.78 is 12.7. The van der Waals surface area contributed by atoms with Crippen molar-refractivity contribution in [1.29, 1.82) is 0 Å². The Morgan fingerprint density at radius 2 is 1.89 bits per heavy atom. The zero-order valence-corrected chi connectivity index (χ0v) is 10.9. The van der Waals surface area contributed by atoms with Crippen LogP contribution < -0.4 is 0 Å². The largest absolute Gasteiger partial charge is 0.480 e. The highest BCUT2D eigenvalue weighted by atomic mass is 19.1. The molecule has 0 atom stereocenters. The van der Waals surface area contributed by atoms with Gasteiger partial charge in [0.2, 0.25) is 5.91 Å². The molecule has 19 heavy (non-hydrogen) atoms. The molecule has 0 saturated heterocycles. The fourth-order valence-electron chi connectivity index (χ4n) is 1.79. The molecule has 1 rings (SSSR count). The van der Waals surface area contributed by atoms with Gasteiger partial charge in [-0.25, -0.2) is 4.39 Å². The number of nitrogens with zero attached hydrogens (tertiary/aromatic N) is 1. The van der Waals surface area contributed by atoms with E-state index in [2.05, 4.69) is 0 Å². The molecule has 4 nitrogen and oxygen atoms in total. The van der Waals surface area contributed by atoms with Gasteiger partial charge in [0.05, 0.1) is 0 Å². The van der Waals surface area contributed by atoms with E-state index in [1.165, 1.54) is 17.0 Å². The van der Waals surface area contributed by atoms with Crippen LogP contribution in [-0.2, 0) is 16.0 Å². The van der Waals surface area contributed by atoms with E-state index < -0.39 is 5.97 Å². The second-order valence-corrected chi connectivity index (χ2v) is 4.34. The molecule has 0 saturated carbocycles. The van der Waals surface area contributed by atoms with Gasteiger partial charge in [-0.2, -0.15) is 0 Å². The third-order valence-electron chi connectivity index (χ3n) is 2.71. The fourth-order valence-corrected chi connectivity index (χ4v) is 1.79. The highest BCUT2D eigenvalue weighted by Crippen LogP contribution is 2.07. The Morgan fingerprint density at radius 1 is 1.26 bits per heavy atom. The molecule has 0 aliphatic rings. The van der Waals surface area contributed by atoms with E-state index in [0.717, 1.165) is 12.0 Å².